The van der Waals surface area contributed by atoms with Crippen molar-refractivity contribution in [1.29, 1.82) is 0 Å². The van der Waals surface area contributed by atoms with Crippen LogP contribution in [0, 0.1) is 0 Å². The molecule has 0 spiro atoms. The minimum atomic E-state index is -0.338. The molecule has 0 fully saturated rings. The average molecular weight is 244 g/mol. The number of benzene rings is 2. The Labute approximate surface area is 104 Å². The van der Waals surface area contributed by atoms with Crippen molar-refractivity contribution in [3.05, 3.63) is 35.4 Å². The number of carbonyl (C=O) groups excluding carboxylic acids is 1. The fraction of sp³-hybridized carbons (Fsp3) is 0.214. The second-order valence-electron chi connectivity index (χ2n) is 4.08. The highest BCUT2D eigenvalue weighted by atomic mass is 16.5. The Kier molecular flexibility index (Phi) is 2.37. The van der Waals surface area contributed by atoms with Gasteiger partial charge in [0.25, 0.3) is 0 Å². The SMILES string of the molecule is COc1cccc2cc3c(c(OC)c12)C(=O)OC3. The Morgan fingerprint density at radius 1 is 1.22 bits per heavy atom. The Bertz CT molecular complexity index is 646. The van der Waals surface area contributed by atoms with E-state index in [2.05, 4.69) is 0 Å². The van der Waals surface area contributed by atoms with Crippen LogP contribution in [0.5, 0.6) is 11.5 Å². The van der Waals surface area contributed by atoms with Gasteiger partial charge in [-0.15, -0.1) is 0 Å². The molecule has 0 radical (unpaired) electrons. The number of rotatable bonds is 2. The highest BCUT2D eigenvalue weighted by Crippen LogP contribution is 2.41. The van der Waals surface area contributed by atoms with Crippen molar-refractivity contribution in [3.8, 4) is 11.5 Å². The van der Waals surface area contributed by atoms with Crippen molar-refractivity contribution in [1.82, 2.24) is 0 Å². The molecule has 0 atom stereocenters. The third kappa shape index (κ3) is 1.35. The predicted octanol–water partition coefficient (Wildman–Crippen LogP) is 2.53. The summed E-state index contributed by atoms with van der Waals surface area (Å²) in [5.74, 6) is 0.879. The first-order chi connectivity index (χ1) is 8.76. The standard InChI is InChI=1S/C14H12O4/c1-16-10-5-3-4-8-6-9-7-18-14(15)12(9)13(17-2)11(8)10/h3-6H,7H2,1-2H3. The third-order valence-corrected chi connectivity index (χ3v) is 3.15. The molecule has 2 aromatic rings. The van der Waals surface area contributed by atoms with Gasteiger partial charge in [-0.3, -0.25) is 0 Å². The molecule has 3 rings (SSSR count). The lowest BCUT2D eigenvalue weighted by Crippen LogP contribution is -2.00. The lowest BCUT2D eigenvalue weighted by molar-refractivity contribution is 0.0533. The van der Waals surface area contributed by atoms with Crippen LogP contribution in [0.25, 0.3) is 10.8 Å². The second kappa shape index (κ2) is 3.91. The maximum absolute atomic E-state index is 11.7. The van der Waals surface area contributed by atoms with Crippen molar-refractivity contribution in [3.63, 3.8) is 0 Å². The zero-order valence-electron chi connectivity index (χ0n) is 10.1. The van der Waals surface area contributed by atoms with Crippen molar-refractivity contribution < 1.29 is 19.0 Å². The van der Waals surface area contributed by atoms with E-state index in [1.54, 1.807) is 14.2 Å². The Morgan fingerprint density at radius 3 is 2.78 bits per heavy atom. The second-order valence-corrected chi connectivity index (χ2v) is 4.08. The summed E-state index contributed by atoms with van der Waals surface area (Å²) in [4.78, 5) is 11.7. The fourth-order valence-corrected chi connectivity index (χ4v) is 2.37. The van der Waals surface area contributed by atoms with Gasteiger partial charge in [-0.2, -0.15) is 0 Å². The van der Waals surface area contributed by atoms with E-state index in [9.17, 15) is 4.79 Å². The quantitative estimate of drug-likeness (QED) is 0.761. The molecule has 0 amide bonds. The summed E-state index contributed by atoms with van der Waals surface area (Å²) in [6, 6.07) is 7.66. The zero-order valence-corrected chi connectivity index (χ0v) is 10.1. The average Bonchev–Trinajstić information content (AvgIpc) is 2.77. The van der Waals surface area contributed by atoms with Crippen molar-refractivity contribution >= 4 is 16.7 Å². The summed E-state index contributed by atoms with van der Waals surface area (Å²) in [5.41, 5.74) is 1.37. The van der Waals surface area contributed by atoms with Crippen molar-refractivity contribution in [2.45, 2.75) is 6.61 Å². The van der Waals surface area contributed by atoms with E-state index < -0.39 is 0 Å². The number of hydrogen-bond donors (Lipinski definition) is 0. The van der Waals surface area contributed by atoms with Crippen LogP contribution in [-0.4, -0.2) is 20.2 Å². The van der Waals surface area contributed by atoms with Crippen molar-refractivity contribution in [2.24, 2.45) is 0 Å². The fourth-order valence-electron chi connectivity index (χ4n) is 2.37. The number of methoxy groups -OCH3 is 2. The molecule has 1 heterocycles. The predicted molar refractivity (Wildman–Crippen MR) is 66.2 cm³/mol. The molecule has 92 valence electrons. The van der Waals surface area contributed by atoms with Gasteiger partial charge in [0.15, 0.2) is 0 Å². The number of ether oxygens (including phenoxy) is 3. The molecule has 4 heteroatoms. The highest BCUT2D eigenvalue weighted by Gasteiger charge is 2.28. The number of fused-ring (bicyclic) bond motifs is 2. The van der Waals surface area contributed by atoms with E-state index in [1.165, 1.54) is 0 Å². The molecule has 1 aliphatic rings. The third-order valence-electron chi connectivity index (χ3n) is 3.15. The molecule has 0 aromatic heterocycles. The first kappa shape index (κ1) is 10.9. The van der Waals surface area contributed by atoms with E-state index in [4.69, 9.17) is 14.2 Å². The van der Waals surface area contributed by atoms with Crippen LogP contribution in [-0.2, 0) is 11.3 Å². The molecule has 0 aliphatic carbocycles. The van der Waals surface area contributed by atoms with Crippen LogP contribution in [0.2, 0.25) is 0 Å². The Morgan fingerprint density at radius 2 is 2.06 bits per heavy atom. The van der Waals surface area contributed by atoms with Gasteiger partial charge >= 0.3 is 5.97 Å². The van der Waals surface area contributed by atoms with Crippen molar-refractivity contribution in [2.75, 3.05) is 14.2 Å². The van der Waals surface area contributed by atoms with Crippen LogP contribution < -0.4 is 9.47 Å². The van der Waals surface area contributed by atoms with Gasteiger partial charge in [-0.1, -0.05) is 12.1 Å². The van der Waals surface area contributed by atoms with Gasteiger partial charge in [0.2, 0.25) is 0 Å². The number of hydrogen-bond acceptors (Lipinski definition) is 4. The number of cyclic esters (lactones) is 1. The monoisotopic (exact) mass is 244 g/mol. The Balaban J connectivity index is 2.45. The Hall–Kier alpha value is -2.23. The van der Waals surface area contributed by atoms with Gasteiger partial charge in [0.05, 0.1) is 19.6 Å². The van der Waals surface area contributed by atoms with Gasteiger partial charge in [0.1, 0.15) is 23.7 Å². The minimum absolute atomic E-state index is 0.303. The largest absolute Gasteiger partial charge is 0.496 e. The molecule has 18 heavy (non-hydrogen) atoms. The molecular formula is C14H12O4. The molecule has 0 bridgehead atoms. The van der Waals surface area contributed by atoms with Crippen LogP contribution in [0.4, 0.5) is 0 Å². The zero-order chi connectivity index (χ0) is 12.7. The maximum atomic E-state index is 11.7. The normalized spacial score (nSPS) is 13.3. The van der Waals surface area contributed by atoms with E-state index in [1.807, 2.05) is 24.3 Å². The van der Waals surface area contributed by atoms with Gasteiger partial charge in [-0.05, 0) is 17.5 Å². The molecule has 0 N–H and O–H groups in total. The van der Waals surface area contributed by atoms with E-state index >= 15 is 0 Å². The smallest absolute Gasteiger partial charge is 0.342 e. The molecule has 0 unspecified atom stereocenters. The molecule has 2 aromatic carbocycles. The first-order valence-electron chi connectivity index (χ1n) is 5.60. The molecule has 0 saturated carbocycles. The summed E-state index contributed by atoms with van der Waals surface area (Å²) in [5, 5.41) is 1.78. The first-order valence-corrected chi connectivity index (χ1v) is 5.60. The van der Waals surface area contributed by atoms with E-state index in [0.29, 0.717) is 23.7 Å². The summed E-state index contributed by atoms with van der Waals surface area (Å²) in [7, 11) is 3.15. The van der Waals surface area contributed by atoms with E-state index in [0.717, 1.165) is 16.3 Å². The highest BCUT2D eigenvalue weighted by molar-refractivity contribution is 6.06. The molecule has 4 nitrogen and oxygen atoms in total. The molecule has 0 saturated heterocycles. The number of carbonyl (C=O) groups is 1. The van der Waals surface area contributed by atoms with E-state index in [-0.39, 0.29) is 5.97 Å². The summed E-state index contributed by atoms with van der Waals surface area (Å²) in [6.45, 7) is 0.303. The molecule has 1 aliphatic heterocycles. The maximum Gasteiger partial charge on any atom is 0.342 e. The lowest BCUT2D eigenvalue weighted by atomic mass is 10.00. The van der Waals surface area contributed by atoms with Crippen LogP contribution in [0.3, 0.4) is 0 Å². The minimum Gasteiger partial charge on any atom is -0.496 e. The topological polar surface area (TPSA) is 44.8 Å². The van der Waals surface area contributed by atoms with Crippen LogP contribution in [0.1, 0.15) is 15.9 Å². The number of esters is 1. The summed E-state index contributed by atoms with van der Waals surface area (Å²) >= 11 is 0. The van der Waals surface area contributed by atoms with Crippen LogP contribution in [0.15, 0.2) is 24.3 Å². The summed E-state index contributed by atoms with van der Waals surface area (Å²) < 4.78 is 15.8. The van der Waals surface area contributed by atoms with Gasteiger partial charge in [0, 0.05) is 5.56 Å². The lowest BCUT2D eigenvalue weighted by Gasteiger charge is -2.12. The van der Waals surface area contributed by atoms with Crippen LogP contribution >= 0.6 is 0 Å². The molecular weight excluding hydrogens is 232 g/mol. The van der Waals surface area contributed by atoms with Gasteiger partial charge < -0.3 is 14.2 Å². The van der Waals surface area contributed by atoms with Gasteiger partial charge in [-0.25, -0.2) is 4.79 Å². The summed E-state index contributed by atoms with van der Waals surface area (Å²) in [6.07, 6.45) is 0.